The van der Waals surface area contributed by atoms with Gasteiger partial charge in [-0.1, -0.05) is 36.4 Å². The standard InChI is InChI=1S/C26H20N4O/c1-16-17(2)30(15-28-16)21-11-18(14-27)10-20(13-21)29-26(31)24-9-5-8-23-22-7-4-3-6-19(22)12-25(23)24/h3-11,13,15H,12H2,1-2H3,(H,29,31). The Morgan fingerprint density at radius 2 is 1.87 bits per heavy atom. The Kier molecular flexibility index (Phi) is 4.41. The molecule has 1 aliphatic rings. The maximum absolute atomic E-state index is 13.2. The monoisotopic (exact) mass is 404 g/mol. The van der Waals surface area contributed by atoms with Crippen molar-refractivity contribution in [3.63, 3.8) is 0 Å². The van der Waals surface area contributed by atoms with E-state index in [0.29, 0.717) is 16.8 Å². The molecule has 0 radical (unpaired) electrons. The molecule has 1 N–H and O–H groups in total. The Balaban J connectivity index is 1.51. The highest BCUT2D eigenvalue weighted by Crippen LogP contribution is 2.38. The van der Waals surface area contributed by atoms with Gasteiger partial charge in [0, 0.05) is 16.9 Å². The Bertz CT molecular complexity index is 1390. The molecule has 0 saturated carbocycles. The number of rotatable bonds is 3. The Morgan fingerprint density at radius 3 is 2.65 bits per heavy atom. The van der Waals surface area contributed by atoms with Gasteiger partial charge in [-0.2, -0.15) is 5.26 Å². The number of nitrogens with zero attached hydrogens (tertiary/aromatic N) is 3. The molecule has 0 bridgehead atoms. The quantitative estimate of drug-likeness (QED) is 0.450. The Morgan fingerprint density at radius 1 is 1.06 bits per heavy atom. The molecule has 1 heterocycles. The molecule has 4 aromatic rings. The molecule has 1 aromatic heterocycles. The molecular formula is C26H20N4O. The van der Waals surface area contributed by atoms with Crippen LogP contribution >= 0.6 is 0 Å². The van der Waals surface area contributed by atoms with Crippen LogP contribution in [-0.2, 0) is 6.42 Å². The van der Waals surface area contributed by atoms with Gasteiger partial charge in [0.05, 0.1) is 29.3 Å². The first-order valence-electron chi connectivity index (χ1n) is 10.1. The lowest BCUT2D eigenvalue weighted by molar-refractivity contribution is 0.102. The normalized spacial score (nSPS) is 11.5. The summed E-state index contributed by atoms with van der Waals surface area (Å²) >= 11 is 0. The number of hydrogen-bond acceptors (Lipinski definition) is 3. The third kappa shape index (κ3) is 3.19. The van der Waals surface area contributed by atoms with Crippen molar-refractivity contribution in [2.45, 2.75) is 20.3 Å². The minimum Gasteiger partial charge on any atom is -0.322 e. The summed E-state index contributed by atoms with van der Waals surface area (Å²) in [6.07, 6.45) is 2.47. The molecule has 0 aliphatic heterocycles. The van der Waals surface area contributed by atoms with E-state index in [9.17, 15) is 10.1 Å². The number of carbonyl (C=O) groups excluding carboxylic acids is 1. The number of nitrogens with one attached hydrogen (secondary N) is 1. The van der Waals surface area contributed by atoms with E-state index in [1.165, 1.54) is 11.1 Å². The molecule has 3 aromatic carbocycles. The predicted molar refractivity (Wildman–Crippen MR) is 120 cm³/mol. The molecule has 0 spiro atoms. The van der Waals surface area contributed by atoms with Gasteiger partial charge in [-0.25, -0.2) is 4.98 Å². The SMILES string of the molecule is Cc1ncn(-c2cc(C#N)cc(NC(=O)c3cccc4c3Cc3ccccc3-4)c2)c1C. The molecule has 150 valence electrons. The number of aryl methyl sites for hydroxylation is 1. The van der Waals surface area contributed by atoms with Crippen LogP contribution in [0.4, 0.5) is 5.69 Å². The number of anilines is 1. The van der Waals surface area contributed by atoms with Crippen LogP contribution < -0.4 is 5.32 Å². The first-order valence-corrected chi connectivity index (χ1v) is 10.1. The van der Waals surface area contributed by atoms with Crippen LogP contribution in [0.5, 0.6) is 0 Å². The topological polar surface area (TPSA) is 70.7 Å². The molecule has 1 amide bonds. The number of carbonyl (C=O) groups is 1. The lowest BCUT2D eigenvalue weighted by atomic mass is 10.0. The van der Waals surface area contributed by atoms with Crippen molar-refractivity contribution in [2.24, 2.45) is 0 Å². The van der Waals surface area contributed by atoms with Gasteiger partial charge < -0.3 is 9.88 Å². The number of imidazole rings is 1. The number of nitriles is 1. The number of fused-ring (bicyclic) bond motifs is 3. The minimum absolute atomic E-state index is 0.177. The third-order valence-electron chi connectivity index (χ3n) is 5.93. The lowest BCUT2D eigenvalue weighted by Crippen LogP contribution is -2.14. The summed E-state index contributed by atoms with van der Waals surface area (Å²) in [5.41, 5.74) is 8.99. The van der Waals surface area contributed by atoms with Crippen molar-refractivity contribution in [1.29, 1.82) is 5.26 Å². The van der Waals surface area contributed by atoms with Gasteiger partial charge in [-0.3, -0.25) is 4.79 Å². The molecule has 0 saturated heterocycles. The smallest absolute Gasteiger partial charge is 0.255 e. The van der Waals surface area contributed by atoms with E-state index in [1.54, 1.807) is 18.5 Å². The van der Waals surface area contributed by atoms with Crippen molar-refractivity contribution < 1.29 is 4.79 Å². The molecule has 1 aliphatic carbocycles. The summed E-state index contributed by atoms with van der Waals surface area (Å²) in [7, 11) is 0. The van der Waals surface area contributed by atoms with Crippen LogP contribution in [0.15, 0.2) is 67.0 Å². The van der Waals surface area contributed by atoms with E-state index < -0.39 is 0 Å². The van der Waals surface area contributed by atoms with Gasteiger partial charge in [-0.05, 0) is 66.8 Å². The van der Waals surface area contributed by atoms with Crippen LogP contribution in [-0.4, -0.2) is 15.5 Å². The predicted octanol–water partition coefficient (Wildman–Crippen LogP) is 5.18. The molecule has 5 nitrogen and oxygen atoms in total. The van der Waals surface area contributed by atoms with Crippen LogP contribution in [0.3, 0.4) is 0 Å². The molecule has 5 rings (SSSR count). The fraction of sp³-hybridized carbons (Fsp3) is 0.115. The van der Waals surface area contributed by atoms with E-state index >= 15 is 0 Å². The van der Waals surface area contributed by atoms with Crippen LogP contribution in [0, 0.1) is 25.2 Å². The van der Waals surface area contributed by atoms with Crippen LogP contribution in [0.25, 0.3) is 16.8 Å². The zero-order valence-electron chi connectivity index (χ0n) is 17.3. The molecular weight excluding hydrogens is 384 g/mol. The molecule has 0 atom stereocenters. The van der Waals surface area contributed by atoms with Gasteiger partial charge in [0.1, 0.15) is 0 Å². The number of aromatic nitrogens is 2. The molecule has 0 fully saturated rings. The van der Waals surface area contributed by atoms with E-state index in [-0.39, 0.29) is 5.91 Å². The van der Waals surface area contributed by atoms with Gasteiger partial charge in [0.15, 0.2) is 0 Å². The zero-order valence-corrected chi connectivity index (χ0v) is 17.3. The van der Waals surface area contributed by atoms with E-state index in [1.807, 2.05) is 48.7 Å². The molecule has 5 heteroatoms. The summed E-state index contributed by atoms with van der Waals surface area (Å²) in [5.74, 6) is -0.177. The van der Waals surface area contributed by atoms with Gasteiger partial charge in [0.25, 0.3) is 5.91 Å². The summed E-state index contributed by atoms with van der Waals surface area (Å²) in [6, 6.07) is 21.6. The van der Waals surface area contributed by atoms with Crippen molar-refractivity contribution in [2.75, 3.05) is 5.32 Å². The number of hydrogen-bond donors (Lipinski definition) is 1. The van der Waals surface area contributed by atoms with Crippen LogP contribution in [0.2, 0.25) is 0 Å². The zero-order chi connectivity index (χ0) is 21.5. The summed E-state index contributed by atoms with van der Waals surface area (Å²) in [4.78, 5) is 17.6. The van der Waals surface area contributed by atoms with Gasteiger partial charge >= 0.3 is 0 Å². The lowest BCUT2D eigenvalue weighted by Gasteiger charge is -2.12. The highest BCUT2D eigenvalue weighted by atomic mass is 16.1. The van der Waals surface area contributed by atoms with E-state index in [4.69, 9.17) is 0 Å². The fourth-order valence-corrected chi connectivity index (χ4v) is 4.21. The highest BCUT2D eigenvalue weighted by molar-refractivity contribution is 6.07. The first-order chi connectivity index (χ1) is 15.0. The third-order valence-corrected chi connectivity index (χ3v) is 5.93. The Labute approximate surface area is 180 Å². The summed E-state index contributed by atoms with van der Waals surface area (Å²) in [6.45, 7) is 3.92. The van der Waals surface area contributed by atoms with Crippen molar-refractivity contribution in [3.05, 3.63) is 101 Å². The number of benzene rings is 3. The second-order valence-corrected chi connectivity index (χ2v) is 7.79. The molecule has 0 unspecified atom stereocenters. The summed E-state index contributed by atoms with van der Waals surface area (Å²) in [5, 5.41) is 12.5. The van der Waals surface area contributed by atoms with Crippen LogP contribution in [0.1, 0.15) is 38.4 Å². The highest BCUT2D eigenvalue weighted by Gasteiger charge is 2.23. The molecule has 31 heavy (non-hydrogen) atoms. The van der Waals surface area contributed by atoms with Crippen molar-refractivity contribution >= 4 is 11.6 Å². The van der Waals surface area contributed by atoms with Crippen molar-refractivity contribution in [3.8, 4) is 22.9 Å². The fourth-order valence-electron chi connectivity index (χ4n) is 4.21. The summed E-state index contributed by atoms with van der Waals surface area (Å²) < 4.78 is 1.92. The second kappa shape index (κ2) is 7.26. The Hall–Kier alpha value is -4.17. The van der Waals surface area contributed by atoms with Gasteiger partial charge in [-0.15, -0.1) is 0 Å². The largest absolute Gasteiger partial charge is 0.322 e. The maximum Gasteiger partial charge on any atom is 0.255 e. The van der Waals surface area contributed by atoms with Gasteiger partial charge in [0.2, 0.25) is 0 Å². The van der Waals surface area contributed by atoms with E-state index in [0.717, 1.165) is 34.6 Å². The van der Waals surface area contributed by atoms with Crippen molar-refractivity contribution in [1.82, 2.24) is 9.55 Å². The average molecular weight is 404 g/mol. The average Bonchev–Trinajstić information content (AvgIpc) is 3.33. The number of amides is 1. The maximum atomic E-state index is 13.2. The van der Waals surface area contributed by atoms with E-state index in [2.05, 4.69) is 34.6 Å². The minimum atomic E-state index is -0.177. The second-order valence-electron chi connectivity index (χ2n) is 7.79. The first kappa shape index (κ1) is 18.8.